The molecule has 0 aromatic heterocycles. The van der Waals surface area contributed by atoms with Gasteiger partial charge in [0, 0.05) is 17.8 Å². The number of benzene rings is 1. The third kappa shape index (κ3) is 4.43. The summed E-state index contributed by atoms with van der Waals surface area (Å²) in [6, 6.07) is 8.99. The fourth-order valence-electron chi connectivity index (χ4n) is 3.03. The van der Waals surface area contributed by atoms with Crippen molar-refractivity contribution >= 4 is 5.69 Å². The van der Waals surface area contributed by atoms with Gasteiger partial charge < -0.3 is 10.1 Å². The maximum atomic E-state index is 5.89. The second kappa shape index (κ2) is 6.51. The number of rotatable bonds is 5. The molecule has 0 saturated heterocycles. The van der Waals surface area contributed by atoms with Crippen LogP contribution in [0.15, 0.2) is 24.3 Å². The summed E-state index contributed by atoms with van der Waals surface area (Å²) >= 11 is 0. The lowest BCUT2D eigenvalue weighted by Gasteiger charge is -2.36. The third-order valence-corrected chi connectivity index (χ3v) is 4.32. The largest absolute Gasteiger partial charge is 0.491 e. The molecule has 1 saturated carbocycles. The zero-order valence-corrected chi connectivity index (χ0v) is 13.4. The van der Waals surface area contributed by atoms with Crippen molar-refractivity contribution in [3.8, 4) is 5.75 Å². The normalized spacial score (nSPS) is 23.1. The van der Waals surface area contributed by atoms with E-state index in [1.165, 1.54) is 31.4 Å². The summed E-state index contributed by atoms with van der Waals surface area (Å²) < 4.78 is 5.89. The smallest absolute Gasteiger partial charge is 0.121 e. The highest BCUT2D eigenvalue weighted by molar-refractivity contribution is 5.49. The molecular formula is C18H29NO. The first kappa shape index (κ1) is 15.2. The maximum Gasteiger partial charge on any atom is 0.121 e. The second-order valence-electron chi connectivity index (χ2n) is 6.97. The van der Waals surface area contributed by atoms with Crippen molar-refractivity contribution in [1.82, 2.24) is 0 Å². The van der Waals surface area contributed by atoms with Gasteiger partial charge in [-0.1, -0.05) is 33.3 Å². The van der Waals surface area contributed by atoms with E-state index in [9.17, 15) is 0 Å². The maximum absolute atomic E-state index is 5.89. The zero-order valence-electron chi connectivity index (χ0n) is 13.4. The van der Waals surface area contributed by atoms with Gasteiger partial charge >= 0.3 is 0 Å². The molecule has 0 aliphatic heterocycles. The Bertz CT molecular complexity index is 427. The molecule has 112 valence electrons. The molecule has 2 heteroatoms. The van der Waals surface area contributed by atoms with Crippen LogP contribution >= 0.6 is 0 Å². The number of ether oxygens (including phenoxy) is 1. The lowest BCUT2D eigenvalue weighted by Crippen LogP contribution is -2.31. The van der Waals surface area contributed by atoms with Crippen molar-refractivity contribution in [2.75, 3.05) is 5.32 Å². The van der Waals surface area contributed by atoms with Gasteiger partial charge in [-0.2, -0.15) is 0 Å². The molecule has 2 atom stereocenters. The van der Waals surface area contributed by atoms with Crippen LogP contribution < -0.4 is 10.1 Å². The number of hydrogen-bond acceptors (Lipinski definition) is 2. The van der Waals surface area contributed by atoms with Crippen LogP contribution in [0.5, 0.6) is 5.75 Å². The fraction of sp³-hybridized carbons (Fsp3) is 0.667. The van der Waals surface area contributed by atoms with Crippen LogP contribution in [0.3, 0.4) is 0 Å². The van der Waals surface area contributed by atoms with Crippen LogP contribution in [0.4, 0.5) is 5.69 Å². The number of nitrogens with one attached hydrogen (secondary N) is 1. The molecule has 2 nitrogen and oxygen atoms in total. The van der Waals surface area contributed by atoms with E-state index in [0.717, 1.165) is 12.2 Å². The van der Waals surface area contributed by atoms with Gasteiger partial charge in [0.2, 0.25) is 0 Å². The van der Waals surface area contributed by atoms with Crippen molar-refractivity contribution < 1.29 is 4.74 Å². The molecule has 0 heterocycles. The van der Waals surface area contributed by atoms with Crippen LogP contribution in [-0.4, -0.2) is 12.1 Å². The summed E-state index contributed by atoms with van der Waals surface area (Å²) in [4.78, 5) is 0. The van der Waals surface area contributed by atoms with E-state index in [-0.39, 0.29) is 6.10 Å². The second-order valence-corrected chi connectivity index (χ2v) is 6.97. The first-order valence-electron chi connectivity index (χ1n) is 8.02. The summed E-state index contributed by atoms with van der Waals surface area (Å²) in [5.41, 5.74) is 1.66. The van der Waals surface area contributed by atoms with Gasteiger partial charge in [-0.05, 0) is 50.2 Å². The third-order valence-electron chi connectivity index (χ3n) is 4.32. The van der Waals surface area contributed by atoms with Gasteiger partial charge in [0.05, 0.1) is 6.10 Å². The summed E-state index contributed by atoms with van der Waals surface area (Å²) in [5, 5.41) is 3.69. The average molecular weight is 275 g/mol. The van der Waals surface area contributed by atoms with E-state index in [1.54, 1.807) is 0 Å². The molecule has 2 rings (SSSR count). The van der Waals surface area contributed by atoms with Crippen molar-refractivity contribution in [3.05, 3.63) is 24.3 Å². The topological polar surface area (TPSA) is 21.3 Å². The average Bonchev–Trinajstić information content (AvgIpc) is 2.37. The Morgan fingerprint density at radius 1 is 1.40 bits per heavy atom. The highest BCUT2D eigenvalue weighted by atomic mass is 16.5. The van der Waals surface area contributed by atoms with E-state index in [4.69, 9.17) is 4.74 Å². The quantitative estimate of drug-likeness (QED) is 0.793. The van der Waals surface area contributed by atoms with Gasteiger partial charge in [0.25, 0.3) is 0 Å². The summed E-state index contributed by atoms with van der Waals surface area (Å²) in [6.07, 6.45) is 6.52. The minimum atomic E-state index is 0.277. The van der Waals surface area contributed by atoms with E-state index in [1.807, 2.05) is 6.07 Å². The lowest BCUT2D eigenvalue weighted by molar-refractivity contribution is 0.217. The van der Waals surface area contributed by atoms with E-state index in [2.05, 4.69) is 51.2 Å². The van der Waals surface area contributed by atoms with Crippen LogP contribution in [0.1, 0.15) is 59.8 Å². The lowest BCUT2D eigenvalue weighted by atomic mass is 9.75. The van der Waals surface area contributed by atoms with Gasteiger partial charge in [0.1, 0.15) is 5.75 Å². The molecule has 1 aliphatic rings. The number of anilines is 1. The van der Waals surface area contributed by atoms with Crippen molar-refractivity contribution in [1.29, 1.82) is 0 Å². The van der Waals surface area contributed by atoms with Crippen molar-refractivity contribution in [2.45, 2.75) is 71.9 Å². The SMILES string of the molecule is CCC(C)Oc1cccc(NC2CCCC(C)(C)C2)c1. The van der Waals surface area contributed by atoms with Gasteiger partial charge in [-0.25, -0.2) is 0 Å². The molecule has 1 aromatic rings. The monoisotopic (exact) mass is 275 g/mol. The zero-order chi connectivity index (χ0) is 14.6. The Morgan fingerprint density at radius 3 is 2.90 bits per heavy atom. The molecule has 1 aliphatic carbocycles. The first-order chi connectivity index (χ1) is 9.48. The van der Waals surface area contributed by atoms with Crippen LogP contribution in [0.25, 0.3) is 0 Å². The predicted octanol–water partition coefficient (Wildman–Crippen LogP) is 5.24. The molecule has 0 bridgehead atoms. The van der Waals surface area contributed by atoms with Crippen LogP contribution in [0.2, 0.25) is 0 Å². The molecular weight excluding hydrogens is 246 g/mol. The Labute approximate surface area is 123 Å². The Morgan fingerprint density at radius 2 is 2.20 bits per heavy atom. The van der Waals surface area contributed by atoms with E-state index in [0.29, 0.717) is 11.5 Å². The Balaban J connectivity index is 1.97. The highest BCUT2D eigenvalue weighted by Crippen LogP contribution is 2.36. The summed E-state index contributed by atoms with van der Waals surface area (Å²) in [7, 11) is 0. The summed E-state index contributed by atoms with van der Waals surface area (Å²) in [6.45, 7) is 9.02. The first-order valence-corrected chi connectivity index (χ1v) is 8.02. The molecule has 1 fully saturated rings. The van der Waals surface area contributed by atoms with Gasteiger partial charge in [-0.15, -0.1) is 0 Å². The molecule has 20 heavy (non-hydrogen) atoms. The molecule has 1 N–H and O–H groups in total. The van der Waals surface area contributed by atoms with E-state index >= 15 is 0 Å². The Kier molecular flexibility index (Phi) is 4.95. The van der Waals surface area contributed by atoms with E-state index < -0.39 is 0 Å². The molecule has 1 aromatic carbocycles. The molecule has 2 unspecified atom stereocenters. The summed E-state index contributed by atoms with van der Waals surface area (Å²) in [5.74, 6) is 0.972. The van der Waals surface area contributed by atoms with Crippen LogP contribution in [0, 0.1) is 5.41 Å². The van der Waals surface area contributed by atoms with Gasteiger partial charge in [-0.3, -0.25) is 0 Å². The fourth-order valence-corrected chi connectivity index (χ4v) is 3.03. The standard InChI is InChI=1S/C18H29NO/c1-5-14(2)20-17-10-6-8-15(12-17)19-16-9-7-11-18(3,4)13-16/h6,8,10,12,14,16,19H,5,7,9,11,13H2,1-4H3. The number of hydrogen-bond donors (Lipinski definition) is 1. The van der Waals surface area contributed by atoms with Crippen LogP contribution in [-0.2, 0) is 0 Å². The molecule has 0 radical (unpaired) electrons. The van der Waals surface area contributed by atoms with Crippen molar-refractivity contribution in [3.63, 3.8) is 0 Å². The molecule has 0 amide bonds. The van der Waals surface area contributed by atoms with Gasteiger partial charge in [0.15, 0.2) is 0 Å². The Hall–Kier alpha value is -1.18. The highest BCUT2D eigenvalue weighted by Gasteiger charge is 2.27. The predicted molar refractivity (Wildman–Crippen MR) is 86.5 cm³/mol. The minimum Gasteiger partial charge on any atom is -0.491 e. The molecule has 0 spiro atoms. The van der Waals surface area contributed by atoms with Crippen molar-refractivity contribution in [2.24, 2.45) is 5.41 Å². The minimum absolute atomic E-state index is 0.277.